The topological polar surface area (TPSA) is 55.1 Å². The first kappa shape index (κ1) is 15.9. The molecule has 0 bridgehead atoms. The molecule has 1 unspecified atom stereocenters. The Morgan fingerprint density at radius 1 is 1.53 bits per heavy atom. The molecule has 2 rings (SSSR count). The van der Waals surface area contributed by atoms with Gasteiger partial charge in [-0.2, -0.15) is 0 Å². The summed E-state index contributed by atoms with van der Waals surface area (Å²) in [6, 6.07) is 4.19. The van der Waals surface area contributed by atoms with Crippen LogP contribution >= 0.6 is 12.4 Å². The lowest BCUT2D eigenvalue weighted by molar-refractivity contribution is 0.0897. The summed E-state index contributed by atoms with van der Waals surface area (Å²) in [5.41, 5.74) is 6.56. The quantitative estimate of drug-likeness (QED) is 0.893. The predicted molar refractivity (Wildman–Crippen MR) is 76.0 cm³/mol. The SMILES string of the molecule is Cc1cc(F)ccc1C(=O)NC(C)(CN)C1CC1.Cl. The van der Waals surface area contributed by atoms with Crippen LogP contribution < -0.4 is 11.1 Å². The van der Waals surface area contributed by atoms with E-state index in [-0.39, 0.29) is 29.7 Å². The third-order valence-electron chi connectivity index (χ3n) is 3.73. The van der Waals surface area contributed by atoms with Crippen molar-refractivity contribution < 1.29 is 9.18 Å². The van der Waals surface area contributed by atoms with Crippen LogP contribution in [0.15, 0.2) is 18.2 Å². The number of hydrogen-bond acceptors (Lipinski definition) is 2. The third kappa shape index (κ3) is 3.45. The molecule has 3 nitrogen and oxygen atoms in total. The number of hydrogen-bond donors (Lipinski definition) is 2. The highest BCUT2D eigenvalue weighted by Crippen LogP contribution is 2.39. The van der Waals surface area contributed by atoms with E-state index in [0.29, 0.717) is 23.6 Å². The first-order chi connectivity index (χ1) is 8.46. The summed E-state index contributed by atoms with van der Waals surface area (Å²) in [5.74, 6) is -0.0348. The minimum Gasteiger partial charge on any atom is -0.345 e. The number of carbonyl (C=O) groups is 1. The van der Waals surface area contributed by atoms with Crippen LogP contribution in [0, 0.1) is 18.7 Å². The zero-order valence-electron chi connectivity index (χ0n) is 11.2. The van der Waals surface area contributed by atoms with Gasteiger partial charge in [0.2, 0.25) is 0 Å². The van der Waals surface area contributed by atoms with Gasteiger partial charge in [0.05, 0.1) is 5.54 Å². The van der Waals surface area contributed by atoms with Gasteiger partial charge in [-0.1, -0.05) is 0 Å². The molecule has 1 fully saturated rings. The second kappa shape index (κ2) is 5.88. The van der Waals surface area contributed by atoms with E-state index in [2.05, 4.69) is 5.32 Å². The van der Waals surface area contributed by atoms with E-state index in [4.69, 9.17) is 5.73 Å². The molecule has 1 aliphatic carbocycles. The van der Waals surface area contributed by atoms with Crippen molar-refractivity contribution in [3.8, 4) is 0 Å². The highest BCUT2D eigenvalue weighted by Gasteiger charge is 2.41. The number of aryl methyl sites for hydroxylation is 1. The molecule has 0 heterocycles. The van der Waals surface area contributed by atoms with E-state index >= 15 is 0 Å². The summed E-state index contributed by atoms with van der Waals surface area (Å²) in [5, 5.41) is 3.00. The molecule has 1 saturated carbocycles. The second-order valence-corrected chi connectivity index (χ2v) is 5.31. The van der Waals surface area contributed by atoms with E-state index in [1.165, 1.54) is 18.2 Å². The van der Waals surface area contributed by atoms with Crippen LogP contribution in [0.2, 0.25) is 0 Å². The molecule has 3 N–H and O–H groups in total. The number of halogens is 2. The first-order valence-corrected chi connectivity index (χ1v) is 6.25. The zero-order chi connectivity index (χ0) is 13.3. The van der Waals surface area contributed by atoms with Crippen molar-refractivity contribution in [3.05, 3.63) is 35.1 Å². The fourth-order valence-electron chi connectivity index (χ4n) is 2.25. The molecular formula is C14H20ClFN2O. The molecule has 1 atom stereocenters. The van der Waals surface area contributed by atoms with Gasteiger partial charge in [0.1, 0.15) is 5.82 Å². The van der Waals surface area contributed by atoms with Gasteiger partial charge < -0.3 is 11.1 Å². The normalized spacial score (nSPS) is 17.3. The van der Waals surface area contributed by atoms with Gasteiger partial charge in [-0.3, -0.25) is 4.79 Å². The fourth-order valence-corrected chi connectivity index (χ4v) is 2.25. The van der Waals surface area contributed by atoms with Crippen LogP contribution in [0.4, 0.5) is 4.39 Å². The third-order valence-corrected chi connectivity index (χ3v) is 3.73. The molecular weight excluding hydrogens is 267 g/mol. The molecule has 0 spiro atoms. The Bertz CT molecular complexity index is 477. The Morgan fingerprint density at radius 3 is 2.63 bits per heavy atom. The zero-order valence-corrected chi connectivity index (χ0v) is 12.0. The average molecular weight is 287 g/mol. The average Bonchev–Trinajstić information content (AvgIpc) is 3.12. The number of nitrogens with one attached hydrogen (secondary N) is 1. The summed E-state index contributed by atoms with van der Waals surface area (Å²) < 4.78 is 13.0. The van der Waals surface area contributed by atoms with E-state index < -0.39 is 0 Å². The molecule has 1 aromatic carbocycles. The van der Waals surface area contributed by atoms with Crippen molar-refractivity contribution in [2.24, 2.45) is 11.7 Å². The number of nitrogens with two attached hydrogens (primary N) is 1. The molecule has 1 aromatic rings. The number of rotatable bonds is 4. The Morgan fingerprint density at radius 2 is 2.16 bits per heavy atom. The summed E-state index contributed by atoms with van der Waals surface area (Å²) in [6.07, 6.45) is 2.22. The summed E-state index contributed by atoms with van der Waals surface area (Å²) in [4.78, 5) is 12.2. The van der Waals surface area contributed by atoms with Gasteiger partial charge in [-0.05, 0) is 56.4 Å². The van der Waals surface area contributed by atoms with Gasteiger partial charge in [-0.15, -0.1) is 12.4 Å². The van der Waals surface area contributed by atoms with Crippen molar-refractivity contribution in [3.63, 3.8) is 0 Å². The first-order valence-electron chi connectivity index (χ1n) is 6.25. The van der Waals surface area contributed by atoms with Gasteiger partial charge >= 0.3 is 0 Å². The second-order valence-electron chi connectivity index (χ2n) is 5.31. The van der Waals surface area contributed by atoms with E-state index in [1.807, 2.05) is 6.92 Å². The lowest BCUT2D eigenvalue weighted by Crippen LogP contribution is -2.53. The molecule has 1 amide bonds. The standard InChI is InChI=1S/C14H19FN2O.ClH/c1-9-7-11(15)5-6-12(9)13(18)17-14(2,8-16)10-3-4-10;/h5-7,10H,3-4,8,16H2,1-2H3,(H,17,18);1H. The Kier molecular flexibility index (Phi) is 4.93. The van der Waals surface area contributed by atoms with E-state index in [0.717, 1.165) is 12.8 Å². The highest BCUT2D eigenvalue weighted by molar-refractivity contribution is 5.96. The molecule has 0 aromatic heterocycles. The maximum Gasteiger partial charge on any atom is 0.252 e. The Hall–Kier alpha value is -1.13. The molecule has 1 aliphatic rings. The highest BCUT2D eigenvalue weighted by atomic mass is 35.5. The summed E-state index contributed by atoms with van der Waals surface area (Å²) in [6.45, 7) is 4.12. The van der Waals surface area contributed by atoms with Crippen molar-refractivity contribution >= 4 is 18.3 Å². The minimum absolute atomic E-state index is 0. The maximum atomic E-state index is 13.0. The van der Waals surface area contributed by atoms with Crippen LogP contribution in [-0.4, -0.2) is 18.0 Å². The monoisotopic (exact) mass is 286 g/mol. The smallest absolute Gasteiger partial charge is 0.252 e. The lowest BCUT2D eigenvalue weighted by Gasteiger charge is -2.29. The summed E-state index contributed by atoms with van der Waals surface area (Å²) in [7, 11) is 0. The number of carbonyl (C=O) groups excluding carboxylic acids is 1. The van der Waals surface area contributed by atoms with Crippen molar-refractivity contribution in [2.45, 2.75) is 32.2 Å². The molecule has 5 heteroatoms. The van der Waals surface area contributed by atoms with Crippen LogP contribution in [-0.2, 0) is 0 Å². The predicted octanol–water partition coefficient (Wildman–Crippen LogP) is 2.41. The maximum absolute atomic E-state index is 13.0. The number of benzene rings is 1. The van der Waals surface area contributed by atoms with Crippen LogP contribution in [0.25, 0.3) is 0 Å². The van der Waals surface area contributed by atoms with Gasteiger partial charge in [0, 0.05) is 12.1 Å². The van der Waals surface area contributed by atoms with Crippen LogP contribution in [0.3, 0.4) is 0 Å². The molecule has 19 heavy (non-hydrogen) atoms. The van der Waals surface area contributed by atoms with Crippen LogP contribution in [0.5, 0.6) is 0 Å². The fraction of sp³-hybridized carbons (Fsp3) is 0.500. The van der Waals surface area contributed by atoms with Crippen LogP contribution in [0.1, 0.15) is 35.7 Å². The molecule has 0 saturated heterocycles. The molecule has 0 aliphatic heterocycles. The molecule has 106 valence electrons. The molecule has 0 radical (unpaired) electrons. The Labute approximate surface area is 119 Å². The van der Waals surface area contributed by atoms with E-state index in [1.54, 1.807) is 6.92 Å². The number of amides is 1. The Balaban J connectivity index is 0.00000180. The van der Waals surface area contributed by atoms with Gasteiger partial charge in [-0.25, -0.2) is 4.39 Å². The van der Waals surface area contributed by atoms with Crippen molar-refractivity contribution in [1.29, 1.82) is 0 Å². The minimum atomic E-state index is -0.349. The van der Waals surface area contributed by atoms with Gasteiger partial charge in [0.15, 0.2) is 0 Å². The van der Waals surface area contributed by atoms with Crippen molar-refractivity contribution in [1.82, 2.24) is 5.32 Å². The summed E-state index contributed by atoms with van der Waals surface area (Å²) >= 11 is 0. The largest absolute Gasteiger partial charge is 0.345 e. The van der Waals surface area contributed by atoms with E-state index in [9.17, 15) is 9.18 Å². The lowest BCUT2D eigenvalue weighted by atomic mass is 9.95. The van der Waals surface area contributed by atoms with Crippen molar-refractivity contribution in [2.75, 3.05) is 6.54 Å². The van der Waals surface area contributed by atoms with Gasteiger partial charge in [0.25, 0.3) is 5.91 Å².